The van der Waals surface area contributed by atoms with E-state index in [4.69, 9.17) is 0 Å². The summed E-state index contributed by atoms with van der Waals surface area (Å²) in [5, 5.41) is 0. The minimum absolute atomic E-state index is 0.167. The van der Waals surface area contributed by atoms with Crippen LogP contribution in [-0.2, 0) is 4.79 Å². The summed E-state index contributed by atoms with van der Waals surface area (Å²) < 4.78 is 0. The molecule has 0 saturated heterocycles. The van der Waals surface area contributed by atoms with Crippen molar-refractivity contribution in [2.24, 2.45) is 17.8 Å². The molecule has 0 aromatic carbocycles. The van der Waals surface area contributed by atoms with Crippen molar-refractivity contribution < 1.29 is 4.79 Å². The van der Waals surface area contributed by atoms with Gasteiger partial charge in [0.2, 0.25) is 0 Å². The highest BCUT2D eigenvalue weighted by Gasteiger charge is 2.26. The molecule has 1 heteroatoms. The molecule has 1 nitrogen and oxygen atoms in total. The summed E-state index contributed by atoms with van der Waals surface area (Å²) in [7, 11) is 0. The lowest BCUT2D eigenvalue weighted by atomic mass is 9.72. The van der Waals surface area contributed by atoms with Crippen LogP contribution < -0.4 is 0 Å². The van der Waals surface area contributed by atoms with Crippen LogP contribution in [-0.4, -0.2) is 5.78 Å². The average molecular weight is 236 g/mol. The van der Waals surface area contributed by atoms with E-state index in [2.05, 4.69) is 33.1 Å². The zero-order valence-electron chi connectivity index (χ0n) is 12.0. The van der Waals surface area contributed by atoms with Crippen molar-refractivity contribution in [1.29, 1.82) is 0 Å². The first-order valence-electron chi connectivity index (χ1n) is 6.61. The molecule has 0 heterocycles. The van der Waals surface area contributed by atoms with Crippen molar-refractivity contribution in [3.63, 3.8) is 0 Å². The number of Topliss-reactive ketones (excluding diaryl/α,β-unsaturated/α-hetero) is 1. The van der Waals surface area contributed by atoms with E-state index in [0.717, 1.165) is 17.8 Å². The lowest BCUT2D eigenvalue weighted by molar-refractivity contribution is -0.114. The topological polar surface area (TPSA) is 17.1 Å². The van der Waals surface area contributed by atoms with Crippen LogP contribution in [0.3, 0.4) is 0 Å². The van der Waals surface area contributed by atoms with Gasteiger partial charge in [-0.25, -0.2) is 0 Å². The quantitative estimate of drug-likeness (QED) is 0.644. The minimum atomic E-state index is 0.167. The predicted molar refractivity (Wildman–Crippen MR) is 76.0 cm³/mol. The van der Waals surface area contributed by atoms with Gasteiger partial charge in [-0.15, -0.1) is 6.58 Å². The Morgan fingerprint density at radius 1 is 1.29 bits per heavy atom. The monoisotopic (exact) mass is 236 g/mol. The molecule has 1 aliphatic carbocycles. The van der Waals surface area contributed by atoms with Gasteiger partial charge in [-0.05, 0) is 64.2 Å². The van der Waals surface area contributed by atoms with E-state index in [1.807, 2.05) is 0 Å². The first-order valence-corrected chi connectivity index (χ1v) is 6.61. The smallest absolute Gasteiger partial charge is 0.126 e. The van der Waals surface area contributed by atoms with E-state index in [1.54, 1.807) is 0 Å². The third kappa shape index (κ3) is 7.14. The number of hydrogen-bond donors (Lipinski definition) is 0. The molecule has 0 aromatic rings. The Morgan fingerprint density at radius 3 is 2.24 bits per heavy atom. The maximum atomic E-state index is 9.44. The van der Waals surface area contributed by atoms with E-state index in [-0.39, 0.29) is 5.78 Å². The Balaban J connectivity index is 0.000000557. The molecule has 1 saturated carbocycles. The van der Waals surface area contributed by atoms with Gasteiger partial charge >= 0.3 is 0 Å². The van der Waals surface area contributed by atoms with Gasteiger partial charge in [-0.3, -0.25) is 0 Å². The molecule has 2 unspecified atom stereocenters. The Hall–Kier alpha value is -0.850. The fraction of sp³-hybridized carbons (Fsp3) is 0.688. The van der Waals surface area contributed by atoms with E-state index in [0.29, 0.717) is 0 Å². The van der Waals surface area contributed by atoms with Gasteiger partial charge in [0.25, 0.3) is 0 Å². The molecule has 98 valence electrons. The Bertz CT molecular complexity index is 261. The highest BCUT2D eigenvalue weighted by atomic mass is 16.1. The summed E-state index contributed by atoms with van der Waals surface area (Å²) >= 11 is 0. The van der Waals surface area contributed by atoms with Crippen molar-refractivity contribution in [3.8, 4) is 0 Å². The van der Waals surface area contributed by atoms with Crippen molar-refractivity contribution in [2.45, 2.75) is 53.4 Å². The molecule has 0 aliphatic heterocycles. The third-order valence-electron chi connectivity index (χ3n) is 3.53. The third-order valence-corrected chi connectivity index (χ3v) is 3.53. The standard InChI is InChI=1S/C13H22.C3H6O/c1-5-6-13-9-12(10(2)3)8-7-11(13)4;1-3(2)4/h5,11-13H,1-2,6-9H2,3-4H3;1-2H3/t11?,12?,13-;/m0./s1. The summed E-state index contributed by atoms with van der Waals surface area (Å²) in [6.45, 7) is 15.5. The summed E-state index contributed by atoms with van der Waals surface area (Å²) in [4.78, 5) is 9.44. The fourth-order valence-electron chi connectivity index (χ4n) is 2.41. The van der Waals surface area contributed by atoms with Crippen LogP contribution >= 0.6 is 0 Å². The Morgan fingerprint density at radius 2 is 1.82 bits per heavy atom. The number of carbonyl (C=O) groups is 1. The summed E-state index contributed by atoms with van der Waals surface area (Å²) in [5.41, 5.74) is 1.38. The molecule has 17 heavy (non-hydrogen) atoms. The maximum Gasteiger partial charge on any atom is 0.126 e. The van der Waals surface area contributed by atoms with E-state index >= 15 is 0 Å². The van der Waals surface area contributed by atoms with Gasteiger partial charge in [0.1, 0.15) is 5.78 Å². The van der Waals surface area contributed by atoms with Crippen LogP contribution in [0.4, 0.5) is 0 Å². The number of rotatable bonds is 3. The molecule has 0 spiro atoms. The van der Waals surface area contributed by atoms with E-state index in [9.17, 15) is 4.79 Å². The molecule has 0 bridgehead atoms. The highest BCUT2D eigenvalue weighted by molar-refractivity contribution is 5.72. The Labute approximate surface area is 107 Å². The second kappa shape index (κ2) is 8.27. The molecule has 0 N–H and O–H groups in total. The molecular formula is C16H28O. The largest absolute Gasteiger partial charge is 0.300 e. The molecule has 0 radical (unpaired) electrons. The van der Waals surface area contributed by atoms with Crippen LogP contribution in [0.1, 0.15) is 53.4 Å². The predicted octanol–water partition coefficient (Wildman–Crippen LogP) is 4.79. The second-order valence-electron chi connectivity index (χ2n) is 5.53. The fourth-order valence-corrected chi connectivity index (χ4v) is 2.41. The van der Waals surface area contributed by atoms with Crippen molar-refractivity contribution in [2.75, 3.05) is 0 Å². The van der Waals surface area contributed by atoms with E-state index < -0.39 is 0 Å². The Kier molecular flexibility index (Phi) is 7.86. The van der Waals surface area contributed by atoms with Gasteiger partial charge in [0, 0.05) is 0 Å². The van der Waals surface area contributed by atoms with Crippen molar-refractivity contribution >= 4 is 5.78 Å². The van der Waals surface area contributed by atoms with Gasteiger partial charge in [-0.2, -0.15) is 0 Å². The number of hydrogen-bond acceptors (Lipinski definition) is 1. The van der Waals surface area contributed by atoms with Crippen LogP contribution in [0.5, 0.6) is 0 Å². The second-order valence-corrected chi connectivity index (χ2v) is 5.53. The molecule has 1 rings (SSSR count). The van der Waals surface area contributed by atoms with Crippen molar-refractivity contribution in [3.05, 3.63) is 24.8 Å². The van der Waals surface area contributed by atoms with Crippen LogP contribution in [0.25, 0.3) is 0 Å². The van der Waals surface area contributed by atoms with Crippen LogP contribution in [0.2, 0.25) is 0 Å². The zero-order chi connectivity index (χ0) is 13.4. The highest BCUT2D eigenvalue weighted by Crippen LogP contribution is 2.38. The summed E-state index contributed by atoms with van der Waals surface area (Å²) in [5.74, 6) is 2.68. The van der Waals surface area contributed by atoms with Gasteiger partial charge < -0.3 is 4.79 Å². The summed E-state index contributed by atoms with van der Waals surface area (Å²) in [6.07, 6.45) is 7.32. The first kappa shape index (κ1) is 16.1. The minimum Gasteiger partial charge on any atom is -0.300 e. The molecule has 1 aliphatic rings. The summed E-state index contributed by atoms with van der Waals surface area (Å²) in [6, 6.07) is 0. The molecular weight excluding hydrogens is 208 g/mol. The number of allylic oxidation sites excluding steroid dienone is 2. The lowest BCUT2D eigenvalue weighted by Gasteiger charge is -2.34. The molecule has 1 fully saturated rings. The van der Waals surface area contributed by atoms with Gasteiger partial charge in [0.05, 0.1) is 0 Å². The molecule has 0 amide bonds. The lowest BCUT2D eigenvalue weighted by Crippen LogP contribution is -2.23. The first-order chi connectivity index (χ1) is 7.88. The molecule has 0 aromatic heterocycles. The van der Waals surface area contributed by atoms with E-state index in [1.165, 1.54) is 45.1 Å². The van der Waals surface area contributed by atoms with Crippen LogP contribution in [0, 0.1) is 17.8 Å². The normalized spacial score (nSPS) is 27.6. The SMILES string of the molecule is C=CC[C@H]1CC(C(=C)C)CCC1C.CC(C)=O. The maximum absolute atomic E-state index is 9.44. The number of ketones is 1. The van der Waals surface area contributed by atoms with Gasteiger partial charge in [-0.1, -0.05) is 25.2 Å². The molecule has 3 atom stereocenters. The van der Waals surface area contributed by atoms with Crippen LogP contribution in [0.15, 0.2) is 24.8 Å². The average Bonchev–Trinajstić information content (AvgIpc) is 2.20. The van der Waals surface area contributed by atoms with Gasteiger partial charge in [0.15, 0.2) is 0 Å². The zero-order valence-corrected chi connectivity index (χ0v) is 12.0. The van der Waals surface area contributed by atoms with Crippen molar-refractivity contribution in [1.82, 2.24) is 0 Å². The number of carbonyl (C=O) groups excluding carboxylic acids is 1.